The molecule has 0 heterocycles. The minimum atomic E-state index is 0.628. The Hall–Kier alpha value is -0.240. The van der Waals surface area contributed by atoms with Crippen molar-refractivity contribution in [2.75, 3.05) is 0 Å². The first-order chi connectivity index (χ1) is 8.66. The highest BCUT2D eigenvalue weighted by Gasteiger charge is 2.19. The van der Waals surface area contributed by atoms with Gasteiger partial charge in [0, 0.05) is 12.6 Å². The van der Waals surface area contributed by atoms with Crippen LogP contribution in [0.1, 0.15) is 44.6 Å². The summed E-state index contributed by atoms with van der Waals surface area (Å²) < 4.78 is 0. The van der Waals surface area contributed by atoms with Gasteiger partial charge in [-0.05, 0) is 36.5 Å². The number of rotatable bonds is 3. The summed E-state index contributed by atoms with van der Waals surface area (Å²) in [6.45, 7) is 3.24. The van der Waals surface area contributed by atoms with Gasteiger partial charge in [0.1, 0.15) is 0 Å². The summed E-state index contributed by atoms with van der Waals surface area (Å²) in [5.74, 6) is 0.773. The molecule has 100 valence electrons. The van der Waals surface area contributed by atoms with Crippen molar-refractivity contribution in [2.45, 2.75) is 51.6 Å². The van der Waals surface area contributed by atoms with Crippen LogP contribution in [0.2, 0.25) is 10.0 Å². The third-order valence-electron chi connectivity index (χ3n) is 3.91. The first-order valence-corrected chi connectivity index (χ1v) is 7.59. The summed E-state index contributed by atoms with van der Waals surface area (Å²) in [6, 6.07) is 6.51. The van der Waals surface area contributed by atoms with E-state index in [-0.39, 0.29) is 0 Å². The van der Waals surface area contributed by atoms with Crippen LogP contribution in [0.15, 0.2) is 18.2 Å². The van der Waals surface area contributed by atoms with Crippen molar-refractivity contribution in [3.05, 3.63) is 33.8 Å². The fraction of sp³-hybridized carbons (Fsp3) is 0.600. The normalized spacial score (nSPS) is 24.8. The minimum Gasteiger partial charge on any atom is -0.310 e. The first-order valence-electron chi connectivity index (χ1n) is 6.84. The van der Waals surface area contributed by atoms with E-state index < -0.39 is 0 Å². The molecule has 3 heteroatoms. The van der Waals surface area contributed by atoms with Crippen LogP contribution in [0.4, 0.5) is 0 Å². The number of nitrogens with one attached hydrogen (secondary N) is 1. The molecule has 2 rings (SSSR count). The van der Waals surface area contributed by atoms with Crippen molar-refractivity contribution < 1.29 is 0 Å². The van der Waals surface area contributed by atoms with E-state index in [1.54, 1.807) is 0 Å². The van der Waals surface area contributed by atoms with Gasteiger partial charge in [0.2, 0.25) is 0 Å². The van der Waals surface area contributed by atoms with Gasteiger partial charge >= 0.3 is 0 Å². The van der Waals surface area contributed by atoms with Gasteiger partial charge in [0.05, 0.1) is 10.0 Å². The minimum absolute atomic E-state index is 0.628. The van der Waals surface area contributed by atoms with Crippen LogP contribution in [-0.4, -0.2) is 6.04 Å². The van der Waals surface area contributed by atoms with Crippen molar-refractivity contribution in [1.29, 1.82) is 0 Å². The van der Waals surface area contributed by atoms with Crippen molar-refractivity contribution in [3.8, 4) is 0 Å². The summed E-state index contributed by atoms with van der Waals surface area (Å²) in [7, 11) is 0. The first kappa shape index (κ1) is 14.2. The average molecular weight is 286 g/mol. The van der Waals surface area contributed by atoms with Crippen LogP contribution >= 0.6 is 23.2 Å². The molecule has 1 aliphatic rings. The topological polar surface area (TPSA) is 12.0 Å². The molecule has 0 bridgehead atoms. The fourth-order valence-electron chi connectivity index (χ4n) is 2.69. The molecule has 0 amide bonds. The molecule has 1 saturated carbocycles. The Balaban J connectivity index is 1.91. The van der Waals surface area contributed by atoms with Crippen molar-refractivity contribution in [3.63, 3.8) is 0 Å². The lowest BCUT2D eigenvalue weighted by atomic mass is 9.97. The van der Waals surface area contributed by atoms with E-state index in [0.29, 0.717) is 16.1 Å². The molecule has 18 heavy (non-hydrogen) atoms. The van der Waals surface area contributed by atoms with Crippen molar-refractivity contribution in [2.24, 2.45) is 5.92 Å². The van der Waals surface area contributed by atoms with E-state index in [1.165, 1.54) is 37.7 Å². The van der Waals surface area contributed by atoms with Gasteiger partial charge < -0.3 is 5.32 Å². The lowest BCUT2D eigenvalue weighted by molar-refractivity contribution is 0.356. The molecule has 1 aliphatic carbocycles. The highest BCUT2D eigenvalue weighted by Crippen LogP contribution is 2.25. The van der Waals surface area contributed by atoms with Crippen LogP contribution in [0.5, 0.6) is 0 Å². The molecule has 2 atom stereocenters. The fourth-order valence-corrected chi connectivity index (χ4v) is 3.02. The summed E-state index contributed by atoms with van der Waals surface area (Å²) in [6.07, 6.45) is 6.76. The molecule has 1 aromatic rings. The molecule has 1 N–H and O–H groups in total. The maximum Gasteiger partial charge on any atom is 0.0595 e. The smallest absolute Gasteiger partial charge is 0.0595 e. The molecule has 1 nitrogen and oxygen atoms in total. The van der Waals surface area contributed by atoms with Crippen LogP contribution < -0.4 is 5.32 Å². The molecule has 1 aromatic carbocycles. The maximum atomic E-state index is 6.03. The summed E-state index contributed by atoms with van der Waals surface area (Å²) in [5.41, 5.74) is 1.21. The highest BCUT2D eigenvalue weighted by atomic mass is 35.5. The number of hydrogen-bond acceptors (Lipinski definition) is 1. The molecule has 0 aliphatic heterocycles. The molecule has 0 radical (unpaired) electrons. The van der Waals surface area contributed by atoms with Gasteiger partial charge in [-0.2, -0.15) is 0 Å². The molecule has 0 saturated heterocycles. The number of hydrogen-bond donors (Lipinski definition) is 1. The maximum absolute atomic E-state index is 6.03. The van der Waals surface area contributed by atoms with Crippen LogP contribution in [0.3, 0.4) is 0 Å². The number of halogens is 2. The van der Waals surface area contributed by atoms with Gasteiger partial charge in [0.15, 0.2) is 0 Å². The molecule has 0 aromatic heterocycles. The van der Waals surface area contributed by atoms with E-state index in [1.807, 2.05) is 18.2 Å². The van der Waals surface area contributed by atoms with Gasteiger partial charge in [-0.25, -0.2) is 0 Å². The van der Waals surface area contributed by atoms with Gasteiger partial charge in [-0.3, -0.25) is 0 Å². The average Bonchev–Trinajstić information content (AvgIpc) is 2.56. The zero-order valence-corrected chi connectivity index (χ0v) is 12.4. The van der Waals surface area contributed by atoms with Gasteiger partial charge in [-0.15, -0.1) is 0 Å². The quantitative estimate of drug-likeness (QED) is 0.766. The van der Waals surface area contributed by atoms with E-state index in [4.69, 9.17) is 23.2 Å². The molecule has 2 unspecified atom stereocenters. The van der Waals surface area contributed by atoms with Crippen LogP contribution in [0, 0.1) is 5.92 Å². The second kappa shape index (κ2) is 6.79. The van der Waals surface area contributed by atoms with Crippen LogP contribution in [0.25, 0.3) is 0 Å². The Bertz CT molecular complexity index is 392. The summed E-state index contributed by atoms with van der Waals surface area (Å²) in [5, 5.41) is 4.94. The molecule has 1 fully saturated rings. The van der Waals surface area contributed by atoms with E-state index in [9.17, 15) is 0 Å². The number of benzene rings is 1. The third-order valence-corrected chi connectivity index (χ3v) is 4.65. The van der Waals surface area contributed by atoms with Crippen molar-refractivity contribution >= 4 is 23.2 Å². The second-order valence-electron chi connectivity index (χ2n) is 5.35. The summed E-state index contributed by atoms with van der Waals surface area (Å²) in [4.78, 5) is 0. The molecular weight excluding hydrogens is 265 g/mol. The van der Waals surface area contributed by atoms with E-state index in [0.717, 1.165) is 12.5 Å². The Labute approximate surface area is 120 Å². The Morgan fingerprint density at radius 3 is 2.67 bits per heavy atom. The monoisotopic (exact) mass is 285 g/mol. The predicted octanol–water partition coefficient (Wildman–Crippen LogP) is 5.05. The zero-order valence-electron chi connectivity index (χ0n) is 10.9. The van der Waals surface area contributed by atoms with Crippen LogP contribution in [-0.2, 0) is 6.54 Å². The zero-order chi connectivity index (χ0) is 13.0. The lowest BCUT2D eigenvalue weighted by Gasteiger charge is -2.23. The Morgan fingerprint density at radius 2 is 1.89 bits per heavy atom. The van der Waals surface area contributed by atoms with Crippen molar-refractivity contribution in [1.82, 2.24) is 5.32 Å². The van der Waals surface area contributed by atoms with Gasteiger partial charge in [0.25, 0.3) is 0 Å². The van der Waals surface area contributed by atoms with E-state index in [2.05, 4.69) is 12.2 Å². The lowest BCUT2D eigenvalue weighted by Crippen LogP contribution is -2.33. The van der Waals surface area contributed by atoms with E-state index >= 15 is 0 Å². The Morgan fingerprint density at radius 1 is 1.11 bits per heavy atom. The second-order valence-corrected chi connectivity index (χ2v) is 6.17. The van der Waals surface area contributed by atoms with Gasteiger partial charge in [-0.1, -0.05) is 55.5 Å². The molecule has 0 spiro atoms. The summed E-state index contributed by atoms with van der Waals surface area (Å²) >= 11 is 12.0. The SMILES string of the molecule is CC1CCCCCC1NCc1ccc(Cl)c(Cl)c1. The largest absolute Gasteiger partial charge is 0.310 e. The predicted molar refractivity (Wildman–Crippen MR) is 79.3 cm³/mol. The molecular formula is C15H21Cl2N. The highest BCUT2D eigenvalue weighted by molar-refractivity contribution is 6.42. The third kappa shape index (κ3) is 3.88. The standard InChI is InChI=1S/C15H21Cl2N/c1-11-5-3-2-4-6-15(11)18-10-12-7-8-13(16)14(17)9-12/h7-9,11,15,18H,2-6,10H2,1H3. The Kier molecular flexibility index (Phi) is 5.35.